The van der Waals surface area contributed by atoms with Crippen LogP contribution in [0.5, 0.6) is 0 Å². The van der Waals surface area contributed by atoms with Crippen molar-refractivity contribution in [2.75, 3.05) is 18.0 Å². The quantitative estimate of drug-likeness (QED) is 0.929. The third-order valence-electron chi connectivity index (χ3n) is 4.54. The van der Waals surface area contributed by atoms with Crippen molar-refractivity contribution in [1.29, 1.82) is 0 Å². The van der Waals surface area contributed by atoms with Crippen LogP contribution in [0, 0.1) is 0 Å². The number of benzene rings is 1. The summed E-state index contributed by atoms with van der Waals surface area (Å²) >= 11 is 0. The lowest BCUT2D eigenvalue weighted by Crippen LogP contribution is -2.44. The molecule has 1 aliphatic heterocycles. The van der Waals surface area contributed by atoms with Gasteiger partial charge in [-0.05, 0) is 39.3 Å². The van der Waals surface area contributed by atoms with Gasteiger partial charge in [-0.3, -0.25) is 9.59 Å². The first-order valence-corrected chi connectivity index (χ1v) is 9.06. The number of pyridine rings is 1. The van der Waals surface area contributed by atoms with E-state index in [-0.39, 0.29) is 22.6 Å². The normalized spacial score (nSPS) is 14.0. The smallest absolute Gasteiger partial charge is 0.264 e. The number of hydrogen-bond donors (Lipinski definition) is 1. The molecule has 1 aliphatic rings. The molecule has 3 rings (SSSR count). The summed E-state index contributed by atoms with van der Waals surface area (Å²) in [6.45, 7) is 10.3. The number of carbonyl (C=O) groups excluding carboxylic acids is 1. The highest BCUT2D eigenvalue weighted by atomic mass is 16.2. The second kappa shape index (κ2) is 6.54. The van der Waals surface area contributed by atoms with Crippen LogP contribution in [-0.2, 0) is 6.54 Å². The summed E-state index contributed by atoms with van der Waals surface area (Å²) in [4.78, 5) is 27.8. The van der Waals surface area contributed by atoms with Gasteiger partial charge < -0.3 is 14.8 Å². The number of unbranched alkanes of at least 4 members (excludes halogenated alkanes) is 1. The van der Waals surface area contributed by atoms with Crippen molar-refractivity contribution in [3.05, 3.63) is 40.2 Å². The maximum absolute atomic E-state index is 12.9. The fourth-order valence-corrected chi connectivity index (χ4v) is 3.38. The van der Waals surface area contributed by atoms with Crippen molar-refractivity contribution < 1.29 is 4.79 Å². The number of para-hydroxylation sites is 1. The van der Waals surface area contributed by atoms with Crippen molar-refractivity contribution in [2.24, 2.45) is 0 Å². The molecule has 5 nitrogen and oxygen atoms in total. The fraction of sp³-hybridized carbons (Fsp3) is 0.500. The lowest BCUT2D eigenvalue weighted by atomic mass is 10.1. The van der Waals surface area contributed by atoms with Gasteiger partial charge in [0.25, 0.3) is 11.5 Å². The molecular weight excluding hydrogens is 314 g/mol. The molecule has 0 unspecified atom stereocenters. The lowest BCUT2D eigenvalue weighted by Gasteiger charge is -2.32. The van der Waals surface area contributed by atoms with Gasteiger partial charge in [0, 0.05) is 30.6 Å². The predicted molar refractivity (Wildman–Crippen MR) is 103 cm³/mol. The number of nitrogens with one attached hydrogen (secondary N) is 1. The number of carbonyl (C=O) groups is 1. The second-order valence-electron chi connectivity index (χ2n) is 7.77. The highest BCUT2D eigenvalue weighted by Gasteiger charge is 2.24. The largest absolute Gasteiger partial charge is 0.368 e. The Morgan fingerprint density at radius 1 is 1.24 bits per heavy atom. The molecule has 134 valence electrons. The Morgan fingerprint density at radius 2 is 2.00 bits per heavy atom. The molecule has 25 heavy (non-hydrogen) atoms. The number of aromatic nitrogens is 1. The number of anilines is 1. The van der Waals surface area contributed by atoms with Gasteiger partial charge >= 0.3 is 0 Å². The SMILES string of the molecule is CCCCN1CCn2c(=O)c(C(=O)NC(C)(C)C)cc3cccc1c32. The fourth-order valence-electron chi connectivity index (χ4n) is 3.38. The maximum Gasteiger partial charge on any atom is 0.264 e. The Labute approximate surface area is 148 Å². The van der Waals surface area contributed by atoms with Crippen LogP contribution in [0.4, 0.5) is 5.69 Å². The topological polar surface area (TPSA) is 54.3 Å². The monoisotopic (exact) mass is 341 g/mol. The van der Waals surface area contributed by atoms with Crippen LogP contribution in [0.15, 0.2) is 29.1 Å². The van der Waals surface area contributed by atoms with E-state index in [0.29, 0.717) is 6.54 Å². The molecule has 0 spiro atoms. The number of rotatable bonds is 4. The Balaban J connectivity index is 2.11. The van der Waals surface area contributed by atoms with Gasteiger partial charge in [-0.2, -0.15) is 0 Å². The van der Waals surface area contributed by atoms with Crippen molar-refractivity contribution in [3.8, 4) is 0 Å². The summed E-state index contributed by atoms with van der Waals surface area (Å²) in [6, 6.07) is 7.79. The third kappa shape index (κ3) is 3.41. The van der Waals surface area contributed by atoms with Crippen LogP contribution in [0.1, 0.15) is 50.9 Å². The molecule has 1 N–H and O–H groups in total. The zero-order valence-electron chi connectivity index (χ0n) is 15.6. The van der Waals surface area contributed by atoms with Gasteiger partial charge in [0.2, 0.25) is 0 Å². The molecule has 0 bridgehead atoms. The molecule has 5 heteroatoms. The summed E-state index contributed by atoms with van der Waals surface area (Å²) < 4.78 is 1.77. The molecule has 2 heterocycles. The minimum Gasteiger partial charge on any atom is -0.368 e. The molecule has 0 saturated carbocycles. The molecule has 0 aliphatic carbocycles. The van der Waals surface area contributed by atoms with Gasteiger partial charge in [-0.1, -0.05) is 25.5 Å². The lowest BCUT2D eigenvalue weighted by molar-refractivity contribution is 0.0917. The number of amides is 1. The molecular formula is C20H27N3O2. The minimum absolute atomic E-state index is 0.197. The van der Waals surface area contributed by atoms with Crippen LogP contribution in [0.2, 0.25) is 0 Å². The van der Waals surface area contributed by atoms with Crippen LogP contribution in [0.25, 0.3) is 10.9 Å². The van der Waals surface area contributed by atoms with Gasteiger partial charge in [-0.15, -0.1) is 0 Å². The predicted octanol–water partition coefficient (Wildman–Crippen LogP) is 3.15. The molecule has 0 saturated heterocycles. The summed E-state index contributed by atoms with van der Waals surface area (Å²) in [5.74, 6) is -0.304. The third-order valence-corrected chi connectivity index (χ3v) is 4.54. The Hall–Kier alpha value is -2.30. The molecule has 2 aromatic rings. The first-order chi connectivity index (χ1) is 11.8. The van der Waals surface area contributed by atoms with Crippen LogP contribution in [0.3, 0.4) is 0 Å². The Morgan fingerprint density at radius 3 is 2.68 bits per heavy atom. The summed E-state index contributed by atoms with van der Waals surface area (Å²) in [5, 5.41) is 3.84. The van der Waals surface area contributed by atoms with Gasteiger partial charge in [-0.25, -0.2) is 0 Å². The van der Waals surface area contributed by atoms with E-state index in [1.54, 1.807) is 10.6 Å². The number of hydrogen-bond acceptors (Lipinski definition) is 3. The second-order valence-corrected chi connectivity index (χ2v) is 7.77. The highest BCUT2D eigenvalue weighted by Crippen LogP contribution is 2.29. The molecule has 0 radical (unpaired) electrons. The van der Waals surface area contributed by atoms with Crippen LogP contribution < -0.4 is 15.8 Å². The van der Waals surface area contributed by atoms with Gasteiger partial charge in [0.05, 0.1) is 11.2 Å². The van der Waals surface area contributed by atoms with E-state index in [2.05, 4.69) is 23.2 Å². The van der Waals surface area contributed by atoms with E-state index >= 15 is 0 Å². The maximum atomic E-state index is 12.9. The Kier molecular flexibility index (Phi) is 4.58. The van der Waals surface area contributed by atoms with E-state index in [9.17, 15) is 9.59 Å². The van der Waals surface area contributed by atoms with Gasteiger partial charge in [0.1, 0.15) is 5.56 Å². The van der Waals surface area contributed by atoms with Crippen molar-refractivity contribution in [2.45, 2.75) is 52.6 Å². The van der Waals surface area contributed by atoms with E-state index in [4.69, 9.17) is 0 Å². The standard InChI is InChI=1S/C20H27N3O2/c1-5-6-10-22-11-12-23-17-14(8-7-9-16(17)22)13-15(19(23)25)18(24)21-20(2,3)4/h7-9,13H,5-6,10-12H2,1-4H3,(H,21,24). The zero-order chi connectivity index (χ0) is 18.2. The van der Waals surface area contributed by atoms with Crippen LogP contribution in [-0.4, -0.2) is 29.1 Å². The molecule has 1 aromatic carbocycles. The highest BCUT2D eigenvalue weighted by molar-refractivity contribution is 6.00. The number of nitrogens with zero attached hydrogens (tertiary/aromatic N) is 2. The summed E-state index contributed by atoms with van der Waals surface area (Å²) in [5.41, 5.74) is 1.69. The summed E-state index contributed by atoms with van der Waals surface area (Å²) in [7, 11) is 0. The van der Waals surface area contributed by atoms with Crippen molar-refractivity contribution in [3.63, 3.8) is 0 Å². The summed E-state index contributed by atoms with van der Waals surface area (Å²) in [6.07, 6.45) is 2.28. The average Bonchev–Trinajstić information content (AvgIpc) is 2.55. The van der Waals surface area contributed by atoms with Crippen LogP contribution >= 0.6 is 0 Å². The van der Waals surface area contributed by atoms with Crippen molar-refractivity contribution in [1.82, 2.24) is 9.88 Å². The van der Waals surface area contributed by atoms with Gasteiger partial charge in [0.15, 0.2) is 0 Å². The molecule has 1 aromatic heterocycles. The minimum atomic E-state index is -0.376. The first-order valence-electron chi connectivity index (χ1n) is 9.06. The molecule has 1 amide bonds. The average molecular weight is 341 g/mol. The first kappa shape index (κ1) is 17.5. The van der Waals surface area contributed by atoms with E-state index < -0.39 is 0 Å². The van der Waals surface area contributed by atoms with E-state index in [0.717, 1.165) is 42.5 Å². The van der Waals surface area contributed by atoms with E-state index in [1.807, 2.05) is 32.9 Å². The molecule has 0 fully saturated rings. The Bertz CT molecular complexity index is 862. The van der Waals surface area contributed by atoms with E-state index in [1.165, 1.54) is 0 Å². The molecule has 0 atom stereocenters. The van der Waals surface area contributed by atoms with Crippen molar-refractivity contribution >= 4 is 22.5 Å². The zero-order valence-corrected chi connectivity index (χ0v) is 15.6.